The summed E-state index contributed by atoms with van der Waals surface area (Å²) in [6.45, 7) is 2.37. The van der Waals surface area contributed by atoms with Gasteiger partial charge in [0.1, 0.15) is 0 Å². The quantitative estimate of drug-likeness (QED) is 0.772. The lowest BCUT2D eigenvalue weighted by atomic mass is 10.3. The molecule has 14 heavy (non-hydrogen) atoms. The second kappa shape index (κ2) is 4.77. The fraction of sp³-hybridized carbons (Fsp3) is 0.667. The summed E-state index contributed by atoms with van der Waals surface area (Å²) >= 11 is 5.74. The third kappa shape index (κ3) is 2.70. The number of aromatic nitrogens is 2. The van der Waals surface area contributed by atoms with Crippen LogP contribution in [-0.2, 0) is 16.0 Å². The summed E-state index contributed by atoms with van der Waals surface area (Å²) in [7, 11) is 0. The van der Waals surface area contributed by atoms with E-state index in [-0.39, 0.29) is 6.29 Å². The molecule has 0 N–H and O–H groups in total. The molecule has 0 unspecified atom stereocenters. The average molecular weight is 217 g/mol. The zero-order valence-corrected chi connectivity index (χ0v) is 8.61. The molecule has 1 aliphatic heterocycles. The molecular formula is C9H13ClN2O2. The van der Waals surface area contributed by atoms with Gasteiger partial charge in [0.25, 0.3) is 0 Å². The predicted octanol–water partition coefficient (Wildman–Crippen LogP) is 1.69. The van der Waals surface area contributed by atoms with Gasteiger partial charge in [-0.05, 0) is 6.42 Å². The number of ether oxygens (including phenoxy) is 2. The van der Waals surface area contributed by atoms with E-state index in [9.17, 15) is 0 Å². The molecule has 4 nitrogen and oxygen atoms in total. The van der Waals surface area contributed by atoms with E-state index in [1.54, 1.807) is 17.1 Å². The first kappa shape index (κ1) is 9.96. The summed E-state index contributed by atoms with van der Waals surface area (Å²) in [5.74, 6) is 0. The number of aryl methyl sites for hydroxylation is 1. The van der Waals surface area contributed by atoms with E-state index in [1.807, 2.05) is 0 Å². The van der Waals surface area contributed by atoms with Gasteiger partial charge in [0.2, 0.25) is 0 Å². The maximum absolute atomic E-state index is 5.74. The Morgan fingerprint density at radius 2 is 2.29 bits per heavy atom. The zero-order chi connectivity index (χ0) is 9.80. The van der Waals surface area contributed by atoms with Crippen molar-refractivity contribution in [2.24, 2.45) is 0 Å². The van der Waals surface area contributed by atoms with Gasteiger partial charge in [0, 0.05) is 19.2 Å². The maximum Gasteiger partial charge on any atom is 0.159 e. The van der Waals surface area contributed by atoms with Crippen molar-refractivity contribution in [3.05, 3.63) is 17.4 Å². The summed E-state index contributed by atoms with van der Waals surface area (Å²) in [5.41, 5.74) is 0. The second-order valence-electron chi connectivity index (χ2n) is 3.23. The summed E-state index contributed by atoms with van der Waals surface area (Å²) in [6.07, 6.45) is 5.16. The Kier molecular flexibility index (Phi) is 3.39. The number of nitrogens with zero attached hydrogens (tertiary/aromatic N) is 2. The van der Waals surface area contributed by atoms with Crippen molar-refractivity contribution in [3.8, 4) is 0 Å². The molecule has 0 amide bonds. The Balaban J connectivity index is 1.76. The molecule has 0 radical (unpaired) electrons. The normalized spacial score (nSPS) is 18.6. The third-order valence-corrected chi connectivity index (χ3v) is 2.29. The molecule has 2 heterocycles. The summed E-state index contributed by atoms with van der Waals surface area (Å²) < 4.78 is 12.6. The third-order valence-electron chi connectivity index (χ3n) is 2.09. The molecule has 0 spiro atoms. The average Bonchev–Trinajstić information content (AvgIpc) is 2.63. The largest absolute Gasteiger partial charge is 0.353 e. The van der Waals surface area contributed by atoms with Crippen molar-refractivity contribution in [1.82, 2.24) is 9.78 Å². The predicted molar refractivity (Wildman–Crippen MR) is 52.2 cm³/mol. The molecule has 0 bridgehead atoms. The van der Waals surface area contributed by atoms with Crippen LogP contribution in [0.4, 0.5) is 0 Å². The molecule has 0 aromatic carbocycles. The molecule has 2 rings (SSSR count). The zero-order valence-electron chi connectivity index (χ0n) is 7.86. The van der Waals surface area contributed by atoms with E-state index >= 15 is 0 Å². The Labute approximate surface area is 87.8 Å². The standard InChI is InChI=1S/C9H13ClN2O2/c10-8-6-11-12(7-8)3-2-9-13-4-1-5-14-9/h6-7,9H,1-5H2. The van der Waals surface area contributed by atoms with Gasteiger partial charge in [-0.15, -0.1) is 0 Å². The minimum absolute atomic E-state index is 0.0771. The molecule has 1 aromatic heterocycles. The topological polar surface area (TPSA) is 36.3 Å². The smallest absolute Gasteiger partial charge is 0.159 e. The van der Waals surface area contributed by atoms with Crippen LogP contribution < -0.4 is 0 Å². The summed E-state index contributed by atoms with van der Waals surface area (Å²) in [6, 6.07) is 0. The van der Waals surface area contributed by atoms with Crippen LogP contribution in [0.3, 0.4) is 0 Å². The minimum atomic E-state index is -0.0771. The molecule has 0 saturated carbocycles. The lowest BCUT2D eigenvalue weighted by Crippen LogP contribution is -2.26. The monoisotopic (exact) mass is 216 g/mol. The maximum atomic E-state index is 5.74. The van der Waals surface area contributed by atoms with Crippen LogP contribution in [-0.4, -0.2) is 29.3 Å². The van der Waals surface area contributed by atoms with Crippen molar-refractivity contribution in [1.29, 1.82) is 0 Å². The molecule has 1 fully saturated rings. The lowest BCUT2D eigenvalue weighted by molar-refractivity contribution is -0.182. The fourth-order valence-electron chi connectivity index (χ4n) is 1.40. The van der Waals surface area contributed by atoms with E-state index < -0.39 is 0 Å². The van der Waals surface area contributed by atoms with Crippen molar-refractivity contribution in [2.75, 3.05) is 13.2 Å². The van der Waals surface area contributed by atoms with Gasteiger partial charge < -0.3 is 9.47 Å². The van der Waals surface area contributed by atoms with E-state index in [4.69, 9.17) is 21.1 Å². The SMILES string of the molecule is Clc1cnn(CCC2OCCCO2)c1. The number of hydrogen-bond acceptors (Lipinski definition) is 3. The number of hydrogen-bond donors (Lipinski definition) is 0. The first-order valence-corrected chi connectivity index (χ1v) is 5.13. The molecule has 0 aliphatic carbocycles. The van der Waals surface area contributed by atoms with Gasteiger partial charge in [0.05, 0.1) is 24.4 Å². The van der Waals surface area contributed by atoms with E-state index in [1.165, 1.54) is 0 Å². The van der Waals surface area contributed by atoms with Gasteiger partial charge in [-0.2, -0.15) is 5.10 Å². The molecule has 5 heteroatoms. The van der Waals surface area contributed by atoms with Gasteiger partial charge in [-0.25, -0.2) is 0 Å². The van der Waals surface area contributed by atoms with Crippen molar-refractivity contribution >= 4 is 11.6 Å². The Morgan fingerprint density at radius 3 is 2.93 bits per heavy atom. The first-order valence-electron chi connectivity index (χ1n) is 4.76. The van der Waals surface area contributed by atoms with E-state index in [2.05, 4.69) is 5.10 Å². The van der Waals surface area contributed by atoms with Crippen molar-refractivity contribution in [2.45, 2.75) is 25.7 Å². The van der Waals surface area contributed by atoms with Crippen molar-refractivity contribution < 1.29 is 9.47 Å². The molecule has 1 aliphatic rings. The Morgan fingerprint density at radius 1 is 1.50 bits per heavy atom. The first-order chi connectivity index (χ1) is 6.84. The van der Waals surface area contributed by atoms with Crippen LogP contribution in [0.1, 0.15) is 12.8 Å². The summed E-state index contributed by atoms with van der Waals surface area (Å²) in [4.78, 5) is 0. The summed E-state index contributed by atoms with van der Waals surface area (Å²) in [5, 5.41) is 4.74. The van der Waals surface area contributed by atoms with Crippen LogP contribution >= 0.6 is 11.6 Å². The van der Waals surface area contributed by atoms with Crippen LogP contribution in [0.25, 0.3) is 0 Å². The second-order valence-corrected chi connectivity index (χ2v) is 3.67. The van der Waals surface area contributed by atoms with Crippen LogP contribution in [0.5, 0.6) is 0 Å². The molecule has 1 saturated heterocycles. The van der Waals surface area contributed by atoms with Crippen LogP contribution in [0, 0.1) is 0 Å². The van der Waals surface area contributed by atoms with E-state index in [0.717, 1.165) is 32.6 Å². The molecular weight excluding hydrogens is 204 g/mol. The highest BCUT2D eigenvalue weighted by molar-refractivity contribution is 6.30. The number of halogens is 1. The van der Waals surface area contributed by atoms with Gasteiger partial charge in [0.15, 0.2) is 6.29 Å². The Bertz CT molecular complexity index is 284. The Hall–Kier alpha value is -0.580. The minimum Gasteiger partial charge on any atom is -0.353 e. The fourth-order valence-corrected chi connectivity index (χ4v) is 1.56. The highest BCUT2D eigenvalue weighted by Crippen LogP contribution is 2.11. The van der Waals surface area contributed by atoms with Crippen LogP contribution in [0.15, 0.2) is 12.4 Å². The van der Waals surface area contributed by atoms with Crippen LogP contribution in [0.2, 0.25) is 5.02 Å². The van der Waals surface area contributed by atoms with Gasteiger partial charge in [-0.1, -0.05) is 11.6 Å². The van der Waals surface area contributed by atoms with Crippen molar-refractivity contribution in [3.63, 3.8) is 0 Å². The lowest BCUT2D eigenvalue weighted by Gasteiger charge is -2.22. The molecule has 1 aromatic rings. The highest BCUT2D eigenvalue weighted by atomic mass is 35.5. The van der Waals surface area contributed by atoms with Gasteiger partial charge >= 0.3 is 0 Å². The molecule has 78 valence electrons. The van der Waals surface area contributed by atoms with Gasteiger partial charge in [-0.3, -0.25) is 4.68 Å². The highest BCUT2D eigenvalue weighted by Gasteiger charge is 2.13. The number of rotatable bonds is 3. The molecule has 0 atom stereocenters. The van der Waals surface area contributed by atoms with E-state index in [0.29, 0.717) is 5.02 Å².